The molecule has 2 atom stereocenters. The number of cyclic esters (lactones) is 1. The molecule has 0 N–H and O–H groups in total. The number of ether oxygens (including phenoxy) is 1. The van der Waals surface area contributed by atoms with Crippen molar-refractivity contribution in [3.8, 4) is 0 Å². The molecule has 1 aromatic rings. The molecule has 2 heterocycles. The Morgan fingerprint density at radius 2 is 2.12 bits per heavy atom. The molecule has 0 saturated carbocycles. The van der Waals surface area contributed by atoms with E-state index in [1.807, 2.05) is 55.5 Å². The van der Waals surface area contributed by atoms with Gasteiger partial charge >= 0.3 is 6.09 Å². The van der Waals surface area contributed by atoms with Gasteiger partial charge in [0.25, 0.3) is 5.91 Å². The van der Waals surface area contributed by atoms with Crippen LogP contribution in [-0.2, 0) is 9.53 Å². The average molecular weight is 342 g/mol. The minimum Gasteiger partial charge on any atom is -0.446 e. The van der Waals surface area contributed by atoms with Crippen LogP contribution < -0.4 is 0 Å². The summed E-state index contributed by atoms with van der Waals surface area (Å²) in [5.41, 5.74) is 3.22. The Kier molecular flexibility index (Phi) is 3.39. The van der Waals surface area contributed by atoms with Crippen LogP contribution >= 0.6 is 11.6 Å². The Balaban J connectivity index is 1.81. The lowest BCUT2D eigenvalue weighted by atomic mass is 9.87. The topological polar surface area (TPSA) is 46.6 Å². The zero-order valence-corrected chi connectivity index (χ0v) is 13.9. The van der Waals surface area contributed by atoms with E-state index in [0.29, 0.717) is 12.0 Å². The number of amides is 2. The fourth-order valence-electron chi connectivity index (χ4n) is 3.29. The largest absolute Gasteiger partial charge is 0.446 e. The summed E-state index contributed by atoms with van der Waals surface area (Å²) in [4.78, 5) is 25.6. The Morgan fingerprint density at radius 3 is 2.88 bits per heavy atom. The van der Waals surface area contributed by atoms with Crippen LogP contribution in [-0.4, -0.2) is 28.4 Å². The molecule has 1 aliphatic carbocycles. The number of carbonyl (C=O) groups excluding carboxylic acids is 2. The maximum absolute atomic E-state index is 12.9. The number of imide groups is 1. The van der Waals surface area contributed by atoms with E-state index in [2.05, 4.69) is 0 Å². The van der Waals surface area contributed by atoms with Crippen LogP contribution in [0.2, 0.25) is 0 Å². The first-order valence-corrected chi connectivity index (χ1v) is 8.24. The lowest BCUT2D eigenvalue weighted by Crippen LogP contribution is -2.38. The summed E-state index contributed by atoms with van der Waals surface area (Å²) >= 11 is 6.29. The van der Waals surface area contributed by atoms with Crippen molar-refractivity contribution in [2.75, 3.05) is 6.61 Å². The molecule has 4 nitrogen and oxygen atoms in total. The number of nitrogens with zero attached hydrogens (tertiary/aromatic N) is 1. The van der Waals surface area contributed by atoms with E-state index in [-0.39, 0.29) is 23.4 Å². The molecular weight excluding hydrogens is 326 g/mol. The third-order valence-electron chi connectivity index (χ3n) is 4.60. The highest BCUT2D eigenvalue weighted by Gasteiger charge is 2.45. The quantitative estimate of drug-likeness (QED) is 0.573. The van der Waals surface area contributed by atoms with Crippen LogP contribution in [0.4, 0.5) is 4.79 Å². The van der Waals surface area contributed by atoms with Crippen LogP contribution in [0.3, 0.4) is 0 Å². The fraction of sp³-hybridized carbons (Fsp3) is 0.263. The summed E-state index contributed by atoms with van der Waals surface area (Å²) in [6.07, 6.45) is 7.78. The molecule has 122 valence electrons. The molecule has 0 bridgehead atoms. The van der Waals surface area contributed by atoms with Crippen LogP contribution in [0.25, 0.3) is 5.57 Å². The summed E-state index contributed by atoms with van der Waals surface area (Å²) in [5, 5.41) is 0. The second kappa shape index (κ2) is 5.35. The minimum atomic E-state index is -0.577. The monoisotopic (exact) mass is 341 g/mol. The molecule has 24 heavy (non-hydrogen) atoms. The van der Waals surface area contributed by atoms with Gasteiger partial charge in [0.1, 0.15) is 12.6 Å². The van der Waals surface area contributed by atoms with Crippen LogP contribution in [0.15, 0.2) is 54.1 Å². The van der Waals surface area contributed by atoms with Crippen LogP contribution in [0, 0.1) is 0 Å². The summed E-state index contributed by atoms with van der Waals surface area (Å²) in [6.45, 7) is 2.15. The summed E-state index contributed by atoms with van der Waals surface area (Å²) in [6, 6.07) is 7.33. The number of hydrogen-bond acceptors (Lipinski definition) is 3. The summed E-state index contributed by atoms with van der Waals surface area (Å²) in [7, 11) is 0. The normalized spacial score (nSPS) is 30.1. The Labute approximate surface area is 145 Å². The van der Waals surface area contributed by atoms with Gasteiger partial charge in [0.2, 0.25) is 0 Å². The van der Waals surface area contributed by atoms with Crippen molar-refractivity contribution >= 4 is 29.2 Å². The predicted molar refractivity (Wildman–Crippen MR) is 91.5 cm³/mol. The number of benzene rings is 1. The maximum atomic E-state index is 12.9. The van der Waals surface area contributed by atoms with E-state index in [1.54, 1.807) is 0 Å². The minimum absolute atomic E-state index is 0.210. The van der Waals surface area contributed by atoms with Crippen molar-refractivity contribution in [3.63, 3.8) is 0 Å². The van der Waals surface area contributed by atoms with Crippen molar-refractivity contribution in [1.82, 2.24) is 4.90 Å². The summed E-state index contributed by atoms with van der Waals surface area (Å²) < 4.78 is 5.09. The van der Waals surface area contributed by atoms with E-state index in [9.17, 15) is 9.59 Å². The lowest BCUT2D eigenvalue weighted by Gasteiger charge is -2.29. The molecular formula is C19H16ClNO3. The van der Waals surface area contributed by atoms with Crippen LogP contribution in [0.5, 0.6) is 0 Å². The molecule has 0 aromatic heterocycles. The van der Waals surface area contributed by atoms with Gasteiger partial charge in [-0.25, -0.2) is 9.69 Å². The number of carbonyl (C=O) groups is 2. The molecule has 4 rings (SSSR count). The van der Waals surface area contributed by atoms with Gasteiger partial charge in [0, 0.05) is 5.57 Å². The van der Waals surface area contributed by atoms with Gasteiger partial charge in [-0.3, -0.25) is 4.79 Å². The van der Waals surface area contributed by atoms with Gasteiger partial charge in [-0.15, -0.1) is 11.6 Å². The Bertz CT molecular complexity index is 835. The van der Waals surface area contributed by atoms with E-state index in [4.69, 9.17) is 16.3 Å². The third kappa shape index (κ3) is 2.38. The number of halogens is 1. The average Bonchev–Trinajstić information content (AvgIpc) is 2.95. The van der Waals surface area contributed by atoms with E-state index in [0.717, 1.165) is 16.7 Å². The molecule has 1 aromatic carbocycles. The first-order chi connectivity index (χ1) is 11.5. The van der Waals surface area contributed by atoms with Crippen molar-refractivity contribution in [2.45, 2.75) is 24.3 Å². The molecule has 5 heteroatoms. The molecule has 1 saturated heterocycles. The van der Waals surface area contributed by atoms with E-state index in [1.165, 1.54) is 4.90 Å². The highest BCUT2D eigenvalue weighted by molar-refractivity contribution is 6.26. The zero-order valence-electron chi connectivity index (χ0n) is 13.2. The molecule has 2 aliphatic heterocycles. The van der Waals surface area contributed by atoms with Crippen molar-refractivity contribution < 1.29 is 14.3 Å². The van der Waals surface area contributed by atoms with Gasteiger partial charge in [0.15, 0.2) is 0 Å². The second-order valence-corrected chi connectivity index (χ2v) is 7.30. The maximum Gasteiger partial charge on any atom is 0.417 e. The number of hydrogen-bond donors (Lipinski definition) is 0. The standard InChI is InChI=1S/C19H16ClNO3/c1-19(20)8-6-12(7-9-19)10-15-13-4-2-3-5-14(13)16-11-24-18(23)21(16)17(15)22/h2-8,10,16H,9,11H2,1H3/b15-10+. The zero-order chi connectivity index (χ0) is 16.9. The molecule has 2 amide bonds. The van der Waals surface area contributed by atoms with Crippen molar-refractivity contribution in [1.29, 1.82) is 0 Å². The Morgan fingerprint density at radius 1 is 1.33 bits per heavy atom. The van der Waals surface area contributed by atoms with Gasteiger partial charge in [-0.05, 0) is 36.1 Å². The number of fused-ring (bicyclic) bond motifs is 3. The molecule has 0 spiro atoms. The van der Waals surface area contributed by atoms with E-state index >= 15 is 0 Å². The third-order valence-corrected chi connectivity index (χ3v) is 4.88. The van der Waals surface area contributed by atoms with Gasteiger partial charge in [-0.1, -0.05) is 42.5 Å². The lowest BCUT2D eigenvalue weighted by molar-refractivity contribution is -0.123. The first-order valence-electron chi connectivity index (χ1n) is 7.86. The van der Waals surface area contributed by atoms with Gasteiger partial charge in [-0.2, -0.15) is 0 Å². The smallest absolute Gasteiger partial charge is 0.417 e. The van der Waals surface area contributed by atoms with Crippen molar-refractivity contribution in [2.24, 2.45) is 0 Å². The Hall–Kier alpha value is -2.33. The number of alkyl halides is 1. The number of allylic oxidation sites excluding steroid dienone is 5. The first kappa shape index (κ1) is 15.2. The highest BCUT2D eigenvalue weighted by Crippen LogP contribution is 2.40. The SMILES string of the molecule is CC1(Cl)C=CC(/C=C2/C(=O)N3C(=O)OCC3c3ccccc32)=CC1. The molecule has 1 fully saturated rings. The predicted octanol–water partition coefficient (Wildman–Crippen LogP) is 3.99. The summed E-state index contributed by atoms with van der Waals surface area (Å²) in [5.74, 6) is -0.310. The van der Waals surface area contributed by atoms with Crippen LogP contribution in [0.1, 0.15) is 30.5 Å². The van der Waals surface area contributed by atoms with Gasteiger partial charge < -0.3 is 4.74 Å². The second-order valence-electron chi connectivity index (χ2n) is 6.43. The molecule has 3 aliphatic rings. The van der Waals surface area contributed by atoms with E-state index < -0.39 is 6.09 Å². The van der Waals surface area contributed by atoms with Gasteiger partial charge in [0.05, 0.1) is 4.87 Å². The fourth-order valence-corrected chi connectivity index (χ4v) is 3.43. The van der Waals surface area contributed by atoms with Crippen molar-refractivity contribution in [3.05, 3.63) is 65.3 Å². The number of rotatable bonds is 1. The molecule has 0 radical (unpaired) electrons. The highest BCUT2D eigenvalue weighted by atomic mass is 35.5. The molecule has 2 unspecified atom stereocenters.